The standard InChI is InChI=1S/C19H25N/c1-2-3-4-5-6-7-12-17-13-8-9-14-18(17)19-15-10-11-16-20-19/h8-11,13-16H,2-7,12H2,1H3. The quantitative estimate of drug-likeness (QED) is 0.563. The van der Waals surface area contributed by atoms with Gasteiger partial charge in [-0.05, 0) is 30.5 Å². The third-order valence-electron chi connectivity index (χ3n) is 3.76. The molecular formula is C19H25N. The molecule has 0 aliphatic carbocycles. The summed E-state index contributed by atoms with van der Waals surface area (Å²) in [5.41, 5.74) is 3.82. The normalized spacial score (nSPS) is 10.7. The molecule has 0 spiro atoms. The molecule has 2 aromatic rings. The average molecular weight is 267 g/mol. The lowest BCUT2D eigenvalue weighted by Crippen LogP contribution is -1.92. The summed E-state index contributed by atoms with van der Waals surface area (Å²) in [5.74, 6) is 0. The second-order valence-corrected chi connectivity index (χ2v) is 5.39. The highest BCUT2D eigenvalue weighted by Gasteiger charge is 2.04. The third kappa shape index (κ3) is 4.48. The molecule has 0 fully saturated rings. The van der Waals surface area contributed by atoms with Crippen LogP contribution in [0.5, 0.6) is 0 Å². The van der Waals surface area contributed by atoms with Gasteiger partial charge in [0.25, 0.3) is 0 Å². The number of rotatable bonds is 8. The van der Waals surface area contributed by atoms with Crippen LogP contribution in [-0.4, -0.2) is 4.98 Å². The molecule has 0 radical (unpaired) electrons. The Morgan fingerprint density at radius 1 is 0.800 bits per heavy atom. The molecule has 0 bridgehead atoms. The Hall–Kier alpha value is -1.63. The molecule has 0 aliphatic heterocycles. The molecule has 2 rings (SSSR count). The largest absolute Gasteiger partial charge is 0.256 e. The van der Waals surface area contributed by atoms with E-state index in [0.717, 1.165) is 5.69 Å². The zero-order valence-corrected chi connectivity index (χ0v) is 12.5. The van der Waals surface area contributed by atoms with Crippen molar-refractivity contribution in [2.24, 2.45) is 0 Å². The summed E-state index contributed by atoms with van der Waals surface area (Å²) in [4.78, 5) is 4.48. The zero-order chi connectivity index (χ0) is 14.0. The summed E-state index contributed by atoms with van der Waals surface area (Å²) in [6.45, 7) is 2.27. The van der Waals surface area contributed by atoms with Gasteiger partial charge in [-0.3, -0.25) is 4.98 Å². The highest BCUT2D eigenvalue weighted by atomic mass is 14.7. The van der Waals surface area contributed by atoms with Crippen molar-refractivity contribution < 1.29 is 0 Å². The van der Waals surface area contributed by atoms with Crippen LogP contribution in [0.15, 0.2) is 48.7 Å². The maximum absolute atomic E-state index is 4.48. The fourth-order valence-electron chi connectivity index (χ4n) is 2.61. The van der Waals surface area contributed by atoms with Gasteiger partial charge in [-0.25, -0.2) is 0 Å². The van der Waals surface area contributed by atoms with Gasteiger partial charge < -0.3 is 0 Å². The van der Waals surface area contributed by atoms with Gasteiger partial charge in [0.2, 0.25) is 0 Å². The lowest BCUT2D eigenvalue weighted by molar-refractivity contribution is 0.608. The molecule has 0 saturated carbocycles. The summed E-state index contributed by atoms with van der Waals surface area (Å²) in [5, 5.41) is 0. The smallest absolute Gasteiger partial charge is 0.0704 e. The summed E-state index contributed by atoms with van der Waals surface area (Å²) >= 11 is 0. The van der Waals surface area contributed by atoms with Crippen LogP contribution in [0.2, 0.25) is 0 Å². The first-order valence-electron chi connectivity index (χ1n) is 7.91. The van der Waals surface area contributed by atoms with Crippen molar-refractivity contribution in [1.29, 1.82) is 0 Å². The van der Waals surface area contributed by atoms with Crippen LogP contribution in [0.3, 0.4) is 0 Å². The van der Waals surface area contributed by atoms with E-state index in [9.17, 15) is 0 Å². The van der Waals surface area contributed by atoms with E-state index in [1.165, 1.54) is 56.1 Å². The first-order valence-corrected chi connectivity index (χ1v) is 7.91. The molecule has 1 aromatic carbocycles. The number of benzene rings is 1. The van der Waals surface area contributed by atoms with E-state index >= 15 is 0 Å². The fourth-order valence-corrected chi connectivity index (χ4v) is 2.61. The van der Waals surface area contributed by atoms with Crippen molar-refractivity contribution >= 4 is 0 Å². The molecule has 0 amide bonds. The molecule has 106 valence electrons. The van der Waals surface area contributed by atoms with Crippen molar-refractivity contribution in [3.05, 3.63) is 54.2 Å². The van der Waals surface area contributed by atoms with E-state index in [1.54, 1.807) is 0 Å². The Morgan fingerprint density at radius 2 is 1.55 bits per heavy atom. The highest BCUT2D eigenvalue weighted by molar-refractivity contribution is 5.63. The summed E-state index contributed by atoms with van der Waals surface area (Å²) in [7, 11) is 0. The topological polar surface area (TPSA) is 12.9 Å². The van der Waals surface area contributed by atoms with E-state index in [2.05, 4.69) is 48.3 Å². The van der Waals surface area contributed by atoms with Crippen LogP contribution in [0, 0.1) is 0 Å². The molecule has 0 saturated heterocycles. The second kappa shape index (κ2) is 8.52. The van der Waals surface area contributed by atoms with E-state index in [0.29, 0.717) is 0 Å². The highest BCUT2D eigenvalue weighted by Crippen LogP contribution is 2.23. The van der Waals surface area contributed by atoms with Gasteiger partial charge >= 0.3 is 0 Å². The van der Waals surface area contributed by atoms with E-state index in [4.69, 9.17) is 0 Å². The van der Waals surface area contributed by atoms with Crippen molar-refractivity contribution in [1.82, 2.24) is 4.98 Å². The summed E-state index contributed by atoms with van der Waals surface area (Å²) in [6.07, 6.45) is 11.1. The Morgan fingerprint density at radius 3 is 2.35 bits per heavy atom. The van der Waals surface area contributed by atoms with Crippen LogP contribution in [0.4, 0.5) is 0 Å². The number of hydrogen-bond donors (Lipinski definition) is 0. The summed E-state index contributed by atoms with van der Waals surface area (Å²) < 4.78 is 0. The Kier molecular flexibility index (Phi) is 6.30. The minimum atomic E-state index is 1.09. The number of hydrogen-bond acceptors (Lipinski definition) is 1. The molecule has 1 heteroatoms. The maximum atomic E-state index is 4.48. The van der Waals surface area contributed by atoms with Gasteiger partial charge in [0, 0.05) is 11.8 Å². The van der Waals surface area contributed by atoms with E-state index in [-0.39, 0.29) is 0 Å². The Balaban J connectivity index is 1.92. The van der Waals surface area contributed by atoms with Gasteiger partial charge in [0.05, 0.1) is 5.69 Å². The van der Waals surface area contributed by atoms with Crippen molar-refractivity contribution in [3.8, 4) is 11.3 Å². The summed E-state index contributed by atoms with van der Waals surface area (Å²) in [6, 6.07) is 14.8. The maximum Gasteiger partial charge on any atom is 0.0704 e. The molecule has 0 atom stereocenters. The SMILES string of the molecule is CCCCCCCCc1ccccc1-c1ccccn1. The lowest BCUT2D eigenvalue weighted by Gasteiger charge is -2.09. The Labute approximate surface area is 123 Å². The van der Waals surface area contributed by atoms with Gasteiger partial charge in [0.1, 0.15) is 0 Å². The zero-order valence-electron chi connectivity index (χ0n) is 12.5. The number of aryl methyl sites for hydroxylation is 1. The first-order chi connectivity index (χ1) is 9.92. The first kappa shape index (κ1) is 14.8. The van der Waals surface area contributed by atoms with Crippen molar-refractivity contribution in [3.63, 3.8) is 0 Å². The molecule has 0 unspecified atom stereocenters. The van der Waals surface area contributed by atoms with Crippen LogP contribution in [-0.2, 0) is 6.42 Å². The average Bonchev–Trinajstić information content (AvgIpc) is 2.52. The molecule has 1 heterocycles. The molecule has 1 nitrogen and oxygen atoms in total. The minimum absolute atomic E-state index is 1.09. The molecule has 20 heavy (non-hydrogen) atoms. The minimum Gasteiger partial charge on any atom is -0.256 e. The lowest BCUT2D eigenvalue weighted by atomic mass is 9.98. The van der Waals surface area contributed by atoms with Crippen LogP contribution < -0.4 is 0 Å². The van der Waals surface area contributed by atoms with Gasteiger partial charge in [-0.15, -0.1) is 0 Å². The number of nitrogens with zero attached hydrogens (tertiary/aromatic N) is 1. The second-order valence-electron chi connectivity index (χ2n) is 5.39. The van der Waals surface area contributed by atoms with Crippen molar-refractivity contribution in [2.75, 3.05) is 0 Å². The Bertz CT molecular complexity index is 490. The predicted octanol–water partition coefficient (Wildman–Crippen LogP) is 5.65. The van der Waals surface area contributed by atoms with Gasteiger partial charge in [-0.2, -0.15) is 0 Å². The van der Waals surface area contributed by atoms with Crippen molar-refractivity contribution in [2.45, 2.75) is 51.9 Å². The van der Waals surface area contributed by atoms with Gasteiger partial charge in [0.15, 0.2) is 0 Å². The van der Waals surface area contributed by atoms with E-state index < -0.39 is 0 Å². The van der Waals surface area contributed by atoms with Gasteiger partial charge in [-0.1, -0.05) is 69.4 Å². The van der Waals surface area contributed by atoms with Crippen LogP contribution in [0.1, 0.15) is 51.0 Å². The van der Waals surface area contributed by atoms with Crippen LogP contribution >= 0.6 is 0 Å². The number of aromatic nitrogens is 1. The van der Waals surface area contributed by atoms with Crippen LogP contribution in [0.25, 0.3) is 11.3 Å². The van der Waals surface area contributed by atoms with E-state index in [1.807, 2.05) is 12.3 Å². The fraction of sp³-hybridized carbons (Fsp3) is 0.421. The number of unbranched alkanes of at least 4 members (excludes halogenated alkanes) is 5. The predicted molar refractivity (Wildman–Crippen MR) is 86.8 cm³/mol. The molecular weight excluding hydrogens is 242 g/mol. The molecule has 0 aliphatic rings. The molecule has 0 N–H and O–H groups in total. The number of pyridine rings is 1. The third-order valence-corrected chi connectivity index (χ3v) is 3.76. The monoisotopic (exact) mass is 267 g/mol. The molecule has 1 aromatic heterocycles.